The van der Waals surface area contributed by atoms with Crippen LogP contribution in [-0.2, 0) is 14.1 Å². The fourth-order valence-electron chi connectivity index (χ4n) is 4.05. The van der Waals surface area contributed by atoms with E-state index in [1.807, 2.05) is 71.8 Å². The lowest BCUT2D eigenvalue weighted by Gasteiger charge is -2.11. The second kappa shape index (κ2) is 5.70. The number of para-hydroxylation sites is 2. The predicted molar refractivity (Wildman–Crippen MR) is 105 cm³/mol. The molecule has 0 bridgehead atoms. The minimum absolute atomic E-state index is 0.00319. The van der Waals surface area contributed by atoms with E-state index in [-0.39, 0.29) is 11.6 Å². The molecule has 0 saturated heterocycles. The lowest BCUT2D eigenvalue weighted by molar-refractivity contribution is 0.100. The molecule has 26 heavy (non-hydrogen) atoms. The minimum Gasteiger partial charge on any atom is -0.342 e. The number of hydrogen-bond acceptors (Lipinski definition) is 2. The fourth-order valence-corrected chi connectivity index (χ4v) is 4.05. The highest BCUT2D eigenvalue weighted by molar-refractivity contribution is 6.18. The van der Waals surface area contributed by atoms with Crippen molar-refractivity contribution in [2.75, 3.05) is 0 Å². The lowest BCUT2D eigenvalue weighted by atomic mass is 10.0. The Balaban J connectivity index is 2.25. The minimum atomic E-state index is -0.00319. The lowest BCUT2D eigenvalue weighted by Crippen LogP contribution is -2.05. The Morgan fingerprint density at radius 1 is 0.654 bits per heavy atom. The van der Waals surface area contributed by atoms with Gasteiger partial charge in [0.05, 0.1) is 22.5 Å². The molecule has 0 atom stereocenters. The van der Waals surface area contributed by atoms with E-state index in [1.54, 1.807) is 13.8 Å². The number of benzene rings is 2. The Kier molecular flexibility index (Phi) is 3.58. The van der Waals surface area contributed by atoms with Crippen molar-refractivity contribution in [1.82, 2.24) is 9.13 Å². The molecule has 2 aromatic heterocycles. The molecule has 2 heterocycles. The predicted octanol–water partition coefficient (Wildman–Crippen LogP) is 4.74. The molecule has 4 aromatic rings. The third-order valence-corrected chi connectivity index (χ3v) is 5.14. The van der Waals surface area contributed by atoms with Gasteiger partial charge in [-0.2, -0.15) is 0 Å². The van der Waals surface area contributed by atoms with E-state index in [0.717, 1.165) is 33.2 Å². The zero-order valence-electron chi connectivity index (χ0n) is 15.3. The van der Waals surface area contributed by atoms with E-state index in [1.165, 1.54) is 0 Å². The van der Waals surface area contributed by atoms with E-state index in [0.29, 0.717) is 11.1 Å². The topological polar surface area (TPSA) is 44.0 Å². The van der Waals surface area contributed by atoms with Crippen molar-refractivity contribution in [3.63, 3.8) is 0 Å². The normalized spacial score (nSPS) is 11.4. The van der Waals surface area contributed by atoms with Gasteiger partial charge in [0, 0.05) is 35.9 Å². The van der Waals surface area contributed by atoms with Crippen molar-refractivity contribution in [3.05, 3.63) is 59.7 Å². The number of aryl methyl sites for hydroxylation is 2. The summed E-state index contributed by atoms with van der Waals surface area (Å²) in [6.07, 6.45) is 0. The van der Waals surface area contributed by atoms with E-state index in [4.69, 9.17) is 0 Å². The summed E-state index contributed by atoms with van der Waals surface area (Å²) in [6, 6.07) is 15.7. The van der Waals surface area contributed by atoms with Gasteiger partial charge in [-0.05, 0) is 26.0 Å². The Morgan fingerprint density at radius 3 is 1.35 bits per heavy atom. The highest BCUT2D eigenvalue weighted by atomic mass is 16.1. The average molecular weight is 344 g/mol. The fraction of sp³-hybridized carbons (Fsp3) is 0.182. The molecular weight excluding hydrogens is 324 g/mol. The third kappa shape index (κ3) is 2.08. The summed E-state index contributed by atoms with van der Waals surface area (Å²) in [5.41, 5.74) is 4.87. The molecule has 0 unspecified atom stereocenters. The SMILES string of the molecule is CC(=O)c1c(-c2c(C(C)=O)c3ccccc3n2C)n(C)c2ccccc12. The van der Waals surface area contributed by atoms with Crippen molar-refractivity contribution in [3.8, 4) is 11.4 Å². The molecule has 0 aliphatic rings. The molecule has 0 saturated carbocycles. The molecule has 4 nitrogen and oxygen atoms in total. The second-order valence-electron chi connectivity index (χ2n) is 6.71. The van der Waals surface area contributed by atoms with Crippen LogP contribution in [0.25, 0.3) is 33.2 Å². The molecule has 4 heteroatoms. The van der Waals surface area contributed by atoms with Gasteiger partial charge >= 0.3 is 0 Å². The van der Waals surface area contributed by atoms with Crippen LogP contribution < -0.4 is 0 Å². The van der Waals surface area contributed by atoms with Crippen LogP contribution in [-0.4, -0.2) is 20.7 Å². The molecule has 130 valence electrons. The van der Waals surface area contributed by atoms with Gasteiger partial charge in [-0.3, -0.25) is 9.59 Å². The summed E-state index contributed by atoms with van der Waals surface area (Å²) in [6.45, 7) is 3.17. The number of rotatable bonds is 3. The van der Waals surface area contributed by atoms with E-state index in [2.05, 4.69) is 0 Å². The van der Waals surface area contributed by atoms with Crippen LogP contribution >= 0.6 is 0 Å². The number of Topliss-reactive ketones (excluding diaryl/α,β-unsaturated/α-hetero) is 2. The van der Waals surface area contributed by atoms with Crippen LogP contribution in [0.2, 0.25) is 0 Å². The number of aromatic nitrogens is 2. The smallest absolute Gasteiger partial charge is 0.162 e. The summed E-state index contributed by atoms with van der Waals surface area (Å²) in [5, 5.41) is 1.83. The Morgan fingerprint density at radius 2 is 1.00 bits per heavy atom. The molecule has 0 amide bonds. The number of carbonyl (C=O) groups excluding carboxylic acids is 2. The van der Waals surface area contributed by atoms with Crippen LogP contribution in [0.4, 0.5) is 0 Å². The zero-order chi connectivity index (χ0) is 18.6. The maximum absolute atomic E-state index is 12.6. The van der Waals surface area contributed by atoms with Crippen molar-refractivity contribution >= 4 is 33.4 Å². The quantitative estimate of drug-likeness (QED) is 0.504. The molecule has 4 rings (SSSR count). The molecule has 0 aliphatic heterocycles. The number of carbonyl (C=O) groups is 2. The van der Waals surface area contributed by atoms with Gasteiger partial charge in [-0.25, -0.2) is 0 Å². The van der Waals surface area contributed by atoms with Gasteiger partial charge in [0.2, 0.25) is 0 Å². The largest absolute Gasteiger partial charge is 0.342 e. The number of hydrogen-bond donors (Lipinski definition) is 0. The molecule has 2 aromatic carbocycles. The Labute approximate surface area is 151 Å². The van der Waals surface area contributed by atoms with Crippen LogP contribution in [0.1, 0.15) is 34.6 Å². The van der Waals surface area contributed by atoms with Crippen LogP contribution in [0.5, 0.6) is 0 Å². The van der Waals surface area contributed by atoms with Gasteiger partial charge in [0.1, 0.15) is 0 Å². The Bertz CT molecular complexity index is 1110. The molecule has 0 aliphatic carbocycles. The molecule has 0 N–H and O–H groups in total. The third-order valence-electron chi connectivity index (χ3n) is 5.14. The van der Waals surface area contributed by atoms with Crippen LogP contribution in [0, 0.1) is 0 Å². The molecule has 0 spiro atoms. The van der Waals surface area contributed by atoms with Crippen molar-refractivity contribution in [2.45, 2.75) is 13.8 Å². The van der Waals surface area contributed by atoms with Gasteiger partial charge in [0.25, 0.3) is 0 Å². The van der Waals surface area contributed by atoms with Gasteiger partial charge in [0.15, 0.2) is 11.6 Å². The average Bonchev–Trinajstić information content (AvgIpc) is 3.07. The maximum Gasteiger partial charge on any atom is 0.162 e. The first kappa shape index (κ1) is 16.3. The van der Waals surface area contributed by atoms with E-state index < -0.39 is 0 Å². The number of ketones is 2. The first-order valence-electron chi connectivity index (χ1n) is 8.60. The van der Waals surface area contributed by atoms with E-state index >= 15 is 0 Å². The maximum atomic E-state index is 12.6. The van der Waals surface area contributed by atoms with Crippen molar-refractivity contribution in [1.29, 1.82) is 0 Å². The number of fused-ring (bicyclic) bond motifs is 2. The summed E-state index contributed by atoms with van der Waals surface area (Å²) in [7, 11) is 3.90. The second-order valence-corrected chi connectivity index (χ2v) is 6.71. The summed E-state index contributed by atoms with van der Waals surface area (Å²) >= 11 is 0. The van der Waals surface area contributed by atoms with Crippen molar-refractivity contribution < 1.29 is 9.59 Å². The highest BCUT2D eigenvalue weighted by Gasteiger charge is 2.27. The molecule has 0 radical (unpaired) electrons. The standard InChI is InChI=1S/C22H20N2O2/c1-13(25)19-15-9-5-7-11-17(15)23(3)21(19)22-20(14(2)26)16-10-6-8-12-18(16)24(22)4/h5-12H,1-4H3. The zero-order valence-corrected chi connectivity index (χ0v) is 15.3. The van der Waals surface area contributed by atoms with Crippen LogP contribution in [0.3, 0.4) is 0 Å². The van der Waals surface area contributed by atoms with Gasteiger partial charge in [-0.15, -0.1) is 0 Å². The number of nitrogens with zero attached hydrogens (tertiary/aromatic N) is 2. The molecular formula is C22H20N2O2. The molecule has 0 fully saturated rings. The summed E-state index contributed by atoms with van der Waals surface area (Å²) in [5.74, 6) is -0.00637. The monoisotopic (exact) mass is 344 g/mol. The van der Waals surface area contributed by atoms with Gasteiger partial charge < -0.3 is 9.13 Å². The highest BCUT2D eigenvalue weighted by Crippen LogP contribution is 2.39. The van der Waals surface area contributed by atoms with Gasteiger partial charge in [-0.1, -0.05) is 36.4 Å². The van der Waals surface area contributed by atoms with Crippen LogP contribution in [0.15, 0.2) is 48.5 Å². The first-order valence-corrected chi connectivity index (χ1v) is 8.60. The summed E-state index contributed by atoms with van der Waals surface area (Å²) < 4.78 is 4.04. The van der Waals surface area contributed by atoms with E-state index in [9.17, 15) is 9.59 Å². The summed E-state index contributed by atoms with van der Waals surface area (Å²) in [4.78, 5) is 25.1. The first-order chi connectivity index (χ1) is 12.4. The Hall–Kier alpha value is -3.14. The van der Waals surface area contributed by atoms with Crippen molar-refractivity contribution in [2.24, 2.45) is 14.1 Å².